The molecular weight excluding hydrogens is 212 g/mol. The molecule has 2 rings (SSSR count). The van der Waals surface area contributed by atoms with Gasteiger partial charge in [-0.25, -0.2) is 0 Å². The third-order valence-corrected chi connectivity index (χ3v) is 3.53. The lowest BCUT2D eigenvalue weighted by Gasteiger charge is -2.32. The first-order valence-corrected chi connectivity index (χ1v) is 6.50. The van der Waals surface area contributed by atoms with Gasteiger partial charge in [0.25, 0.3) is 5.91 Å². The van der Waals surface area contributed by atoms with Crippen LogP contribution >= 0.6 is 0 Å². The van der Waals surface area contributed by atoms with E-state index in [0.29, 0.717) is 0 Å². The number of carbonyl (C=O) groups is 1. The van der Waals surface area contributed by atoms with Crippen LogP contribution in [0.1, 0.15) is 43.0 Å². The molecule has 0 unspecified atom stereocenters. The molecule has 1 aliphatic rings. The summed E-state index contributed by atoms with van der Waals surface area (Å²) in [4.78, 5) is 18.1. The van der Waals surface area contributed by atoms with Gasteiger partial charge in [0.2, 0.25) is 0 Å². The summed E-state index contributed by atoms with van der Waals surface area (Å²) < 4.78 is 0. The molecule has 1 aromatic heterocycles. The van der Waals surface area contributed by atoms with E-state index >= 15 is 0 Å². The molecule has 0 aromatic carbocycles. The molecular formula is C14H20N2O. The lowest BCUT2D eigenvalue weighted by molar-refractivity contribution is 0.0686. The molecule has 0 atom stereocenters. The molecule has 2 heterocycles. The summed E-state index contributed by atoms with van der Waals surface area (Å²) in [5.41, 5.74) is 0.758. The highest BCUT2D eigenvalue weighted by Crippen LogP contribution is 2.22. The van der Waals surface area contributed by atoms with Crippen molar-refractivity contribution in [2.45, 2.75) is 32.6 Å². The summed E-state index contributed by atoms with van der Waals surface area (Å²) in [5.74, 6) is 0.976. The highest BCUT2D eigenvalue weighted by molar-refractivity contribution is 5.94. The first kappa shape index (κ1) is 12.1. The number of nitrogens with zero attached hydrogens (tertiary/aromatic N) is 2. The monoisotopic (exact) mass is 232 g/mol. The van der Waals surface area contributed by atoms with Crippen LogP contribution in [0, 0.1) is 5.92 Å². The van der Waals surface area contributed by atoms with E-state index in [1.165, 1.54) is 12.8 Å². The van der Waals surface area contributed by atoms with Crippen LogP contribution in [-0.2, 0) is 0 Å². The van der Waals surface area contributed by atoms with Gasteiger partial charge in [-0.3, -0.25) is 9.78 Å². The number of piperidine rings is 1. The van der Waals surface area contributed by atoms with Crippen LogP contribution in [0.2, 0.25) is 0 Å². The predicted molar refractivity (Wildman–Crippen MR) is 67.8 cm³/mol. The van der Waals surface area contributed by atoms with Crippen molar-refractivity contribution in [1.82, 2.24) is 9.88 Å². The Bertz CT molecular complexity index is 356. The Hall–Kier alpha value is -1.38. The van der Waals surface area contributed by atoms with Crippen LogP contribution in [0.4, 0.5) is 0 Å². The molecule has 1 amide bonds. The molecule has 0 N–H and O–H groups in total. The Morgan fingerprint density at radius 1 is 1.35 bits per heavy atom. The quantitative estimate of drug-likeness (QED) is 0.802. The van der Waals surface area contributed by atoms with E-state index in [9.17, 15) is 4.79 Å². The number of hydrogen-bond acceptors (Lipinski definition) is 2. The van der Waals surface area contributed by atoms with E-state index in [4.69, 9.17) is 0 Å². The van der Waals surface area contributed by atoms with E-state index in [1.807, 2.05) is 4.90 Å². The van der Waals surface area contributed by atoms with Crippen molar-refractivity contribution in [1.29, 1.82) is 0 Å². The van der Waals surface area contributed by atoms with E-state index in [1.54, 1.807) is 24.5 Å². The summed E-state index contributed by atoms with van der Waals surface area (Å²) in [6.45, 7) is 4.05. The fraction of sp³-hybridized carbons (Fsp3) is 0.571. The molecule has 0 saturated carbocycles. The maximum absolute atomic E-state index is 12.2. The molecule has 3 heteroatoms. The van der Waals surface area contributed by atoms with Crippen LogP contribution in [-0.4, -0.2) is 28.9 Å². The Balaban J connectivity index is 1.91. The van der Waals surface area contributed by atoms with E-state index in [2.05, 4.69) is 11.9 Å². The number of rotatable bonds is 3. The van der Waals surface area contributed by atoms with Crippen molar-refractivity contribution < 1.29 is 4.79 Å². The largest absolute Gasteiger partial charge is 0.339 e. The van der Waals surface area contributed by atoms with Gasteiger partial charge in [-0.05, 0) is 30.9 Å². The van der Waals surface area contributed by atoms with Crippen molar-refractivity contribution in [3.8, 4) is 0 Å². The average molecular weight is 232 g/mol. The SMILES string of the molecule is CCCC1CCN(C(=O)c2ccncc2)CC1. The third-order valence-electron chi connectivity index (χ3n) is 3.53. The molecule has 0 radical (unpaired) electrons. The smallest absolute Gasteiger partial charge is 0.253 e. The van der Waals surface area contributed by atoms with Gasteiger partial charge in [0.15, 0.2) is 0 Å². The molecule has 92 valence electrons. The van der Waals surface area contributed by atoms with Gasteiger partial charge >= 0.3 is 0 Å². The number of hydrogen-bond donors (Lipinski definition) is 0. The van der Waals surface area contributed by atoms with E-state index in [0.717, 1.165) is 37.4 Å². The first-order chi connectivity index (χ1) is 8.31. The highest BCUT2D eigenvalue weighted by Gasteiger charge is 2.22. The molecule has 1 aliphatic heterocycles. The molecule has 0 bridgehead atoms. The van der Waals surface area contributed by atoms with Crippen molar-refractivity contribution in [3.63, 3.8) is 0 Å². The topological polar surface area (TPSA) is 33.2 Å². The zero-order valence-electron chi connectivity index (χ0n) is 10.4. The maximum Gasteiger partial charge on any atom is 0.253 e. The summed E-state index contributed by atoms with van der Waals surface area (Å²) in [5, 5.41) is 0. The second kappa shape index (κ2) is 5.80. The second-order valence-electron chi connectivity index (χ2n) is 4.76. The fourth-order valence-corrected chi connectivity index (χ4v) is 2.51. The maximum atomic E-state index is 12.2. The molecule has 1 saturated heterocycles. The zero-order chi connectivity index (χ0) is 12.1. The number of amides is 1. The van der Waals surface area contributed by atoms with Gasteiger partial charge in [0.05, 0.1) is 0 Å². The minimum absolute atomic E-state index is 0.155. The summed E-state index contributed by atoms with van der Waals surface area (Å²) in [6.07, 6.45) is 8.23. The van der Waals surface area contributed by atoms with Crippen molar-refractivity contribution >= 4 is 5.91 Å². The van der Waals surface area contributed by atoms with Crippen LogP contribution in [0.15, 0.2) is 24.5 Å². The number of likely N-dealkylation sites (tertiary alicyclic amines) is 1. The lowest BCUT2D eigenvalue weighted by Crippen LogP contribution is -2.38. The summed E-state index contributed by atoms with van der Waals surface area (Å²) >= 11 is 0. The van der Waals surface area contributed by atoms with Crippen molar-refractivity contribution in [2.75, 3.05) is 13.1 Å². The van der Waals surface area contributed by atoms with Crippen LogP contribution < -0.4 is 0 Å². The Morgan fingerprint density at radius 3 is 2.59 bits per heavy atom. The fourth-order valence-electron chi connectivity index (χ4n) is 2.51. The van der Waals surface area contributed by atoms with Crippen molar-refractivity contribution in [2.24, 2.45) is 5.92 Å². The number of carbonyl (C=O) groups excluding carboxylic acids is 1. The van der Waals surface area contributed by atoms with Gasteiger partial charge in [0, 0.05) is 31.0 Å². The molecule has 0 aliphatic carbocycles. The molecule has 0 spiro atoms. The minimum Gasteiger partial charge on any atom is -0.339 e. The van der Waals surface area contributed by atoms with Gasteiger partial charge < -0.3 is 4.90 Å². The van der Waals surface area contributed by atoms with E-state index < -0.39 is 0 Å². The van der Waals surface area contributed by atoms with Gasteiger partial charge in [-0.2, -0.15) is 0 Å². The molecule has 1 aromatic rings. The Kier molecular flexibility index (Phi) is 4.13. The molecule has 1 fully saturated rings. The normalized spacial score (nSPS) is 17.1. The molecule has 3 nitrogen and oxygen atoms in total. The second-order valence-corrected chi connectivity index (χ2v) is 4.76. The van der Waals surface area contributed by atoms with Crippen LogP contribution in [0.5, 0.6) is 0 Å². The number of pyridine rings is 1. The highest BCUT2D eigenvalue weighted by atomic mass is 16.2. The first-order valence-electron chi connectivity index (χ1n) is 6.50. The Labute approximate surface area is 103 Å². The van der Waals surface area contributed by atoms with Crippen LogP contribution in [0.3, 0.4) is 0 Å². The van der Waals surface area contributed by atoms with E-state index in [-0.39, 0.29) is 5.91 Å². The average Bonchev–Trinajstić information content (AvgIpc) is 2.40. The summed E-state index contributed by atoms with van der Waals surface area (Å²) in [7, 11) is 0. The molecule has 17 heavy (non-hydrogen) atoms. The van der Waals surface area contributed by atoms with Gasteiger partial charge in [-0.15, -0.1) is 0 Å². The van der Waals surface area contributed by atoms with Crippen molar-refractivity contribution in [3.05, 3.63) is 30.1 Å². The number of aromatic nitrogens is 1. The third kappa shape index (κ3) is 3.05. The zero-order valence-corrected chi connectivity index (χ0v) is 10.4. The predicted octanol–water partition coefficient (Wildman–Crippen LogP) is 2.73. The van der Waals surface area contributed by atoms with Gasteiger partial charge in [-0.1, -0.05) is 19.8 Å². The lowest BCUT2D eigenvalue weighted by atomic mass is 9.92. The minimum atomic E-state index is 0.155. The summed E-state index contributed by atoms with van der Waals surface area (Å²) in [6, 6.07) is 3.58. The van der Waals surface area contributed by atoms with Crippen LogP contribution in [0.25, 0.3) is 0 Å². The Morgan fingerprint density at radius 2 is 2.00 bits per heavy atom. The standard InChI is InChI=1S/C14H20N2O/c1-2-3-12-6-10-16(11-7-12)14(17)13-4-8-15-9-5-13/h4-5,8-9,12H,2-3,6-7,10-11H2,1H3. The van der Waals surface area contributed by atoms with Gasteiger partial charge in [0.1, 0.15) is 0 Å².